The normalized spacial score (nSPS) is 16.1. The van der Waals surface area contributed by atoms with E-state index < -0.39 is 0 Å². The third-order valence-electron chi connectivity index (χ3n) is 7.02. The quantitative estimate of drug-likeness (QED) is 0.268. The Morgan fingerprint density at radius 1 is 1.18 bits per heavy atom. The zero-order valence-corrected chi connectivity index (χ0v) is 21.4. The summed E-state index contributed by atoms with van der Waals surface area (Å²) in [5.74, 6) is 0.643. The highest BCUT2D eigenvalue weighted by Gasteiger charge is 2.32. The zero-order chi connectivity index (χ0) is 23.9. The Morgan fingerprint density at radius 3 is 2.71 bits per heavy atom. The number of hydrogen-bond donors (Lipinski definition) is 0. The van der Waals surface area contributed by atoms with Crippen LogP contribution in [0.4, 0.5) is 5.00 Å². The number of benzene rings is 2. The van der Waals surface area contributed by atoms with Crippen LogP contribution >= 0.6 is 22.9 Å². The molecule has 0 saturated carbocycles. The fourth-order valence-electron chi connectivity index (χ4n) is 4.96. The molecule has 1 atom stereocenters. The number of thiophene rings is 1. The highest BCUT2D eigenvalue weighted by molar-refractivity contribution is 7.16. The van der Waals surface area contributed by atoms with Crippen LogP contribution in [0.25, 0.3) is 10.9 Å². The van der Waals surface area contributed by atoms with Crippen LogP contribution in [0.5, 0.6) is 0 Å². The summed E-state index contributed by atoms with van der Waals surface area (Å²) in [6.45, 7) is 7.65. The minimum atomic E-state index is 0.279. The summed E-state index contributed by atoms with van der Waals surface area (Å²) >= 11 is 8.12. The Balaban J connectivity index is 1.49. The van der Waals surface area contributed by atoms with Gasteiger partial charge in [-0.3, -0.25) is 0 Å². The van der Waals surface area contributed by atoms with Crippen molar-refractivity contribution in [1.29, 1.82) is 5.26 Å². The van der Waals surface area contributed by atoms with Crippen LogP contribution in [0.1, 0.15) is 54.3 Å². The smallest absolute Gasteiger partial charge is 0.134 e. The Labute approximate surface area is 210 Å². The number of halogens is 1. The van der Waals surface area contributed by atoms with Crippen LogP contribution in [0.2, 0.25) is 5.02 Å². The summed E-state index contributed by atoms with van der Waals surface area (Å²) in [5.41, 5.74) is 5.54. The molecule has 5 rings (SSSR count). The predicted octanol–water partition coefficient (Wildman–Crippen LogP) is 8.18. The maximum Gasteiger partial charge on any atom is 0.134 e. The van der Waals surface area contributed by atoms with Crippen LogP contribution in [0.15, 0.2) is 59.7 Å². The number of hydrogen-bond acceptors (Lipinski definition) is 3. The number of aromatic nitrogens is 1. The molecule has 0 spiro atoms. The summed E-state index contributed by atoms with van der Waals surface area (Å²) in [5, 5.41) is 12.7. The van der Waals surface area contributed by atoms with Gasteiger partial charge in [0.2, 0.25) is 0 Å². The van der Waals surface area contributed by atoms with E-state index >= 15 is 0 Å². The Morgan fingerprint density at radius 2 is 1.94 bits per heavy atom. The van der Waals surface area contributed by atoms with Gasteiger partial charge in [0.1, 0.15) is 11.1 Å². The van der Waals surface area contributed by atoms with Crippen molar-refractivity contribution in [1.82, 2.24) is 4.57 Å². The topological polar surface area (TPSA) is 41.1 Å². The lowest BCUT2D eigenvalue weighted by molar-refractivity contribution is 0.218. The average Bonchev–Trinajstić information content (AvgIpc) is 3.35. The van der Waals surface area contributed by atoms with Gasteiger partial charge in [0.05, 0.1) is 5.56 Å². The largest absolute Gasteiger partial charge is 0.342 e. The maximum atomic E-state index is 9.92. The first-order valence-corrected chi connectivity index (χ1v) is 12.9. The van der Waals surface area contributed by atoms with Crippen LogP contribution < -0.4 is 0 Å². The van der Waals surface area contributed by atoms with Gasteiger partial charge in [-0.15, -0.1) is 11.3 Å². The molecule has 0 saturated heterocycles. The molecule has 0 unspecified atom stereocenters. The number of nitrogens with zero attached hydrogens (tertiary/aromatic N) is 3. The van der Waals surface area contributed by atoms with Crippen LogP contribution in [-0.4, -0.2) is 10.8 Å². The Hall–Kier alpha value is -2.87. The predicted molar refractivity (Wildman–Crippen MR) is 144 cm³/mol. The second kappa shape index (κ2) is 9.06. The molecule has 4 aromatic rings. The second-order valence-electron chi connectivity index (χ2n) is 10.2. The molecule has 0 radical (unpaired) electrons. The van der Waals surface area contributed by atoms with Gasteiger partial charge in [-0.1, -0.05) is 68.8 Å². The van der Waals surface area contributed by atoms with E-state index in [0.29, 0.717) is 12.5 Å². The van der Waals surface area contributed by atoms with Gasteiger partial charge < -0.3 is 4.57 Å². The van der Waals surface area contributed by atoms with E-state index in [1.807, 2.05) is 24.4 Å². The first-order chi connectivity index (χ1) is 16.3. The molecule has 34 heavy (non-hydrogen) atoms. The SMILES string of the molecule is CC(C)(C)[C@H]1CCc2c(sc(N=Cc3cn(Cc4ccccc4Cl)c4ccccc34)c2C#N)C1. The third-order valence-corrected chi connectivity index (χ3v) is 8.55. The molecule has 0 fully saturated rings. The molecule has 2 heterocycles. The highest BCUT2D eigenvalue weighted by Crippen LogP contribution is 2.45. The molecule has 172 valence electrons. The van der Waals surface area contributed by atoms with Crippen molar-refractivity contribution in [2.24, 2.45) is 16.3 Å². The summed E-state index contributed by atoms with van der Waals surface area (Å²) in [7, 11) is 0. The van der Waals surface area contributed by atoms with E-state index in [2.05, 4.69) is 67.9 Å². The van der Waals surface area contributed by atoms with Crippen molar-refractivity contribution < 1.29 is 0 Å². The minimum absolute atomic E-state index is 0.279. The summed E-state index contributed by atoms with van der Waals surface area (Å²) in [4.78, 5) is 6.20. The summed E-state index contributed by atoms with van der Waals surface area (Å²) in [6, 6.07) is 18.8. The van der Waals surface area contributed by atoms with Crippen LogP contribution in [0, 0.1) is 22.7 Å². The Bertz CT molecular complexity index is 1430. The van der Waals surface area contributed by atoms with E-state index in [0.717, 1.165) is 56.9 Å². The van der Waals surface area contributed by atoms with Gasteiger partial charge in [0.15, 0.2) is 0 Å². The average molecular weight is 486 g/mol. The molecule has 5 heteroatoms. The lowest BCUT2D eigenvalue weighted by Crippen LogP contribution is -2.26. The van der Waals surface area contributed by atoms with E-state index in [4.69, 9.17) is 16.6 Å². The molecule has 0 aliphatic heterocycles. The number of para-hydroxylation sites is 1. The minimum Gasteiger partial charge on any atom is -0.342 e. The van der Waals surface area contributed by atoms with Gasteiger partial charge in [0, 0.05) is 45.3 Å². The maximum absolute atomic E-state index is 9.92. The van der Waals surface area contributed by atoms with Gasteiger partial charge in [0.25, 0.3) is 0 Å². The summed E-state index contributed by atoms with van der Waals surface area (Å²) in [6.07, 6.45) is 7.21. The van der Waals surface area contributed by atoms with Crippen molar-refractivity contribution >= 4 is 45.1 Å². The van der Waals surface area contributed by atoms with Crippen molar-refractivity contribution in [2.75, 3.05) is 0 Å². The molecular formula is C29H28ClN3S. The number of fused-ring (bicyclic) bond motifs is 2. The number of nitriles is 1. The van der Waals surface area contributed by atoms with E-state index in [1.54, 1.807) is 11.3 Å². The van der Waals surface area contributed by atoms with Crippen molar-refractivity contribution in [3.05, 3.63) is 86.9 Å². The van der Waals surface area contributed by atoms with Crippen molar-refractivity contribution in [3.8, 4) is 6.07 Å². The molecule has 1 aliphatic carbocycles. The van der Waals surface area contributed by atoms with Crippen LogP contribution in [0.3, 0.4) is 0 Å². The molecular weight excluding hydrogens is 458 g/mol. The first-order valence-electron chi connectivity index (χ1n) is 11.7. The standard InChI is InChI=1S/C29H28ClN3S/c1-29(2,3)21-12-13-23-24(15-31)28(34-27(23)14-21)32-16-20-18-33(26-11-7-5-9-22(20)26)17-19-8-4-6-10-25(19)30/h4-11,16,18,21H,12-14,17H2,1-3H3/t21-/m0/s1. The first kappa shape index (κ1) is 22.9. The third kappa shape index (κ3) is 4.31. The second-order valence-corrected chi connectivity index (χ2v) is 11.7. The fourth-order valence-corrected chi connectivity index (χ4v) is 6.38. The zero-order valence-electron chi connectivity index (χ0n) is 19.8. The van der Waals surface area contributed by atoms with E-state index in [9.17, 15) is 5.26 Å². The van der Waals surface area contributed by atoms with E-state index in [1.165, 1.54) is 10.4 Å². The molecule has 2 aromatic carbocycles. The Kier molecular flexibility index (Phi) is 6.10. The highest BCUT2D eigenvalue weighted by atomic mass is 35.5. The fraction of sp³-hybridized carbons (Fsp3) is 0.310. The van der Waals surface area contributed by atoms with E-state index in [-0.39, 0.29) is 5.41 Å². The lowest BCUT2D eigenvalue weighted by atomic mass is 9.72. The summed E-state index contributed by atoms with van der Waals surface area (Å²) < 4.78 is 2.22. The molecule has 0 amide bonds. The molecule has 2 aromatic heterocycles. The lowest BCUT2D eigenvalue weighted by Gasteiger charge is -2.33. The van der Waals surface area contributed by atoms with Crippen molar-refractivity contribution in [2.45, 2.75) is 46.6 Å². The monoisotopic (exact) mass is 485 g/mol. The van der Waals surface area contributed by atoms with Gasteiger partial charge in [-0.2, -0.15) is 5.26 Å². The molecule has 0 N–H and O–H groups in total. The number of rotatable bonds is 4. The molecule has 1 aliphatic rings. The van der Waals surface area contributed by atoms with Crippen LogP contribution in [-0.2, 0) is 19.4 Å². The molecule has 0 bridgehead atoms. The molecule has 3 nitrogen and oxygen atoms in total. The number of aliphatic imine (C=N–C) groups is 1. The van der Waals surface area contributed by atoms with Gasteiger partial charge >= 0.3 is 0 Å². The van der Waals surface area contributed by atoms with Gasteiger partial charge in [-0.25, -0.2) is 4.99 Å². The van der Waals surface area contributed by atoms with Crippen molar-refractivity contribution in [3.63, 3.8) is 0 Å². The van der Waals surface area contributed by atoms with Gasteiger partial charge in [-0.05, 0) is 53.9 Å².